The Balaban J connectivity index is 3.01. The van der Waals surface area contributed by atoms with E-state index in [1.807, 2.05) is 6.92 Å². The third kappa shape index (κ3) is 3.29. The Labute approximate surface area is 108 Å². The number of unbranched alkanes of at least 4 members (excludes halogenated alkanes) is 1. The van der Waals surface area contributed by atoms with Crippen molar-refractivity contribution in [3.8, 4) is 0 Å². The lowest BCUT2D eigenvalue weighted by atomic mass is 9.86. The van der Waals surface area contributed by atoms with E-state index in [1.54, 1.807) is 6.92 Å². The minimum absolute atomic E-state index is 0.0537. The molecule has 0 amide bonds. The first-order chi connectivity index (χ1) is 8.52. The molecule has 0 saturated heterocycles. The predicted molar refractivity (Wildman–Crippen MR) is 71.3 cm³/mol. The summed E-state index contributed by atoms with van der Waals surface area (Å²) in [5.41, 5.74) is 6.59. The van der Waals surface area contributed by atoms with Gasteiger partial charge in [0.2, 0.25) is 0 Å². The molecule has 0 aromatic heterocycles. The minimum atomic E-state index is -0.554. The van der Waals surface area contributed by atoms with Crippen LogP contribution in [0.15, 0.2) is 12.1 Å². The summed E-state index contributed by atoms with van der Waals surface area (Å²) in [6.45, 7) is 5.76. The van der Waals surface area contributed by atoms with Crippen LogP contribution in [0, 0.1) is 24.5 Å². The molecule has 0 saturated carbocycles. The van der Waals surface area contributed by atoms with E-state index in [-0.39, 0.29) is 11.5 Å². The van der Waals surface area contributed by atoms with Gasteiger partial charge in [0.25, 0.3) is 0 Å². The molecule has 2 atom stereocenters. The van der Waals surface area contributed by atoms with Gasteiger partial charge in [-0.25, -0.2) is 8.78 Å². The first kappa shape index (κ1) is 15.1. The maximum Gasteiger partial charge on any atom is 0.133 e. The number of hydrogen-bond acceptors (Lipinski definition) is 1. The topological polar surface area (TPSA) is 26.0 Å². The lowest BCUT2D eigenvalue weighted by molar-refractivity contribution is 0.358. The van der Waals surface area contributed by atoms with E-state index in [4.69, 9.17) is 5.73 Å². The lowest BCUT2D eigenvalue weighted by Gasteiger charge is -2.24. The van der Waals surface area contributed by atoms with E-state index < -0.39 is 17.7 Å². The molecule has 0 aliphatic rings. The van der Waals surface area contributed by atoms with Crippen LogP contribution >= 0.6 is 0 Å². The summed E-state index contributed by atoms with van der Waals surface area (Å²) in [4.78, 5) is 0. The quantitative estimate of drug-likeness (QED) is 0.796. The van der Waals surface area contributed by atoms with Crippen LogP contribution in [0.2, 0.25) is 0 Å². The highest BCUT2D eigenvalue weighted by atomic mass is 19.1. The summed E-state index contributed by atoms with van der Waals surface area (Å²) in [7, 11) is 0. The first-order valence-corrected chi connectivity index (χ1v) is 6.72. The fourth-order valence-electron chi connectivity index (χ4n) is 2.32. The molecule has 18 heavy (non-hydrogen) atoms. The maximum absolute atomic E-state index is 14.0. The number of aryl methyl sites for hydroxylation is 1. The van der Waals surface area contributed by atoms with Gasteiger partial charge in [-0.3, -0.25) is 0 Å². The molecular weight excluding hydrogens is 232 g/mol. The summed E-state index contributed by atoms with van der Waals surface area (Å²) >= 11 is 0. The molecular formula is C15H23F2N. The Kier molecular flexibility index (Phi) is 5.73. The van der Waals surface area contributed by atoms with Gasteiger partial charge in [0.15, 0.2) is 0 Å². The third-order valence-electron chi connectivity index (χ3n) is 3.61. The molecule has 0 bridgehead atoms. The molecule has 1 rings (SSSR count). The second-order valence-electron chi connectivity index (χ2n) is 4.93. The standard InChI is InChI=1S/C15H23F2N/c1-4-6-7-11(5-2)15(18)13-12(16)9-8-10(3)14(13)17/h8-9,11,15H,4-7,18H2,1-3H3. The van der Waals surface area contributed by atoms with Crippen molar-refractivity contribution in [3.05, 3.63) is 34.9 Å². The number of halogens is 2. The smallest absolute Gasteiger partial charge is 0.133 e. The molecule has 102 valence electrons. The zero-order chi connectivity index (χ0) is 13.7. The van der Waals surface area contributed by atoms with Crippen LogP contribution in [0.4, 0.5) is 8.78 Å². The molecule has 2 unspecified atom stereocenters. The Morgan fingerprint density at radius 3 is 2.44 bits per heavy atom. The SMILES string of the molecule is CCCCC(CC)C(N)c1c(F)ccc(C)c1F. The summed E-state index contributed by atoms with van der Waals surface area (Å²) in [5.74, 6) is -0.881. The van der Waals surface area contributed by atoms with Gasteiger partial charge >= 0.3 is 0 Å². The van der Waals surface area contributed by atoms with Crippen LogP contribution in [-0.4, -0.2) is 0 Å². The van der Waals surface area contributed by atoms with E-state index in [0.29, 0.717) is 5.56 Å². The normalized spacial score (nSPS) is 14.6. The van der Waals surface area contributed by atoms with E-state index in [0.717, 1.165) is 25.7 Å². The van der Waals surface area contributed by atoms with Crippen LogP contribution in [0.3, 0.4) is 0 Å². The number of nitrogens with two attached hydrogens (primary N) is 1. The van der Waals surface area contributed by atoms with Crippen LogP contribution in [0.5, 0.6) is 0 Å². The molecule has 0 fully saturated rings. The third-order valence-corrected chi connectivity index (χ3v) is 3.61. The summed E-state index contributed by atoms with van der Waals surface area (Å²) in [5, 5.41) is 0. The molecule has 0 spiro atoms. The van der Waals surface area contributed by atoms with Crippen molar-refractivity contribution in [1.29, 1.82) is 0 Å². The van der Waals surface area contributed by atoms with Gasteiger partial charge in [0, 0.05) is 11.6 Å². The Morgan fingerprint density at radius 1 is 1.22 bits per heavy atom. The van der Waals surface area contributed by atoms with Crippen molar-refractivity contribution in [2.24, 2.45) is 11.7 Å². The molecule has 0 radical (unpaired) electrons. The van der Waals surface area contributed by atoms with Gasteiger partial charge in [-0.2, -0.15) is 0 Å². The molecule has 0 aliphatic heterocycles. The van der Waals surface area contributed by atoms with E-state index >= 15 is 0 Å². The average Bonchev–Trinajstić information content (AvgIpc) is 2.35. The van der Waals surface area contributed by atoms with Crippen molar-refractivity contribution in [2.45, 2.75) is 52.5 Å². The van der Waals surface area contributed by atoms with Crippen LogP contribution in [0.25, 0.3) is 0 Å². The second kappa shape index (κ2) is 6.83. The lowest BCUT2D eigenvalue weighted by Crippen LogP contribution is -2.24. The van der Waals surface area contributed by atoms with Gasteiger partial charge in [-0.05, 0) is 30.9 Å². The summed E-state index contributed by atoms with van der Waals surface area (Å²) < 4.78 is 27.8. The number of rotatable bonds is 6. The van der Waals surface area contributed by atoms with Gasteiger partial charge < -0.3 is 5.73 Å². The average molecular weight is 255 g/mol. The Bertz CT molecular complexity index is 390. The fraction of sp³-hybridized carbons (Fsp3) is 0.600. The van der Waals surface area contributed by atoms with E-state index in [2.05, 4.69) is 6.92 Å². The van der Waals surface area contributed by atoms with Crippen molar-refractivity contribution in [3.63, 3.8) is 0 Å². The molecule has 1 aromatic rings. The molecule has 3 heteroatoms. The highest BCUT2D eigenvalue weighted by Gasteiger charge is 2.24. The monoisotopic (exact) mass is 255 g/mol. The van der Waals surface area contributed by atoms with Crippen LogP contribution < -0.4 is 5.73 Å². The summed E-state index contributed by atoms with van der Waals surface area (Å²) in [6.07, 6.45) is 3.87. The van der Waals surface area contributed by atoms with Crippen molar-refractivity contribution in [1.82, 2.24) is 0 Å². The molecule has 0 aliphatic carbocycles. The van der Waals surface area contributed by atoms with Gasteiger partial charge in [0.1, 0.15) is 11.6 Å². The van der Waals surface area contributed by atoms with Crippen molar-refractivity contribution < 1.29 is 8.78 Å². The Hall–Kier alpha value is -0.960. The fourth-order valence-corrected chi connectivity index (χ4v) is 2.32. The number of benzene rings is 1. The van der Waals surface area contributed by atoms with Crippen molar-refractivity contribution >= 4 is 0 Å². The largest absolute Gasteiger partial charge is 0.324 e. The maximum atomic E-state index is 14.0. The van der Waals surface area contributed by atoms with E-state index in [1.165, 1.54) is 12.1 Å². The Morgan fingerprint density at radius 2 is 1.89 bits per heavy atom. The molecule has 1 aromatic carbocycles. The van der Waals surface area contributed by atoms with Crippen LogP contribution in [-0.2, 0) is 0 Å². The summed E-state index contributed by atoms with van der Waals surface area (Å²) in [6, 6.07) is 2.20. The highest BCUT2D eigenvalue weighted by molar-refractivity contribution is 5.29. The molecule has 1 nitrogen and oxygen atoms in total. The van der Waals surface area contributed by atoms with E-state index in [9.17, 15) is 8.78 Å². The van der Waals surface area contributed by atoms with Crippen LogP contribution in [0.1, 0.15) is 56.7 Å². The van der Waals surface area contributed by atoms with Gasteiger partial charge in [-0.15, -0.1) is 0 Å². The predicted octanol–water partition coefficient (Wildman–Crippen LogP) is 4.49. The highest BCUT2D eigenvalue weighted by Crippen LogP contribution is 2.31. The van der Waals surface area contributed by atoms with Gasteiger partial charge in [0.05, 0.1) is 0 Å². The van der Waals surface area contributed by atoms with Gasteiger partial charge in [-0.1, -0.05) is 39.2 Å². The first-order valence-electron chi connectivity index (χ1n) is 6.72. The number of hydrogen-bond donors (Lipinski definition) is 1. The van der Waals surface area contributed by atoms with Crippen molar-refractivity contribution in [2.75, 3.05) is 0 Å². The molecule has 2 N–H and O–H groups in total. The molecule has 0 heterocycles. The zero-order valence-corrected chi connectivity index (χ0v) is 11.5. The second-order valence-corrected chi connectivity index (χ2v) is 4.93. The minimum Gasteiger partial charge on any atom is -0.324 e. The zero-order valence-electron chi connectivity index (χ0n) is 11.5.